The maximum Gasteiger partial charge on any atom is 0.337 e. The van der Waals surface area contributed by atoms with Gasteiger partial charge < -0.3 is 15.4 Å². The highest BCUT2D eigenvalue weighted by Crippen LogP contribution is 2.20. The molecule has 0 aliphatic heterocycles. The lowest BCUT2D eigenvalue weighted by Gasteiger charge is -2.05. The number of imidazole rings is 1. The number of nitrogens with two attached hydrogens (primary N) is 1. The lowest BCUT2D eigenvalue weighted by atomic mass is 10.2. The van der Waals surface area contributed by atoms with Crippen molar-refractivity contribution in [2.24, 2.45) is 5.73 Å². The van der Waals surface area contributed by atoms with Gasteiger partial charge in [-0.3, -0.25) is 4.79 Å². The van der Waals surface area contributed by atoms with E-state index in [2.05, 4.69) is 4.98 Å². The van der Waals surface area contributed by atoms with Crippen molar-refractivity contribution < 1.29 is 14.7 Å². The number of primary amides is 1. The van der Waals surface area contributed by atoms with Crippen LogP contribution in [0.5, 0.6) is 0 Å². The van der Waals surface area contributed by atoms with E-state index in [0.29, 0.717) is 24.9 Å². The Morgan fingerprint density at radius 3 is 2.79 bits per heavy atom. The summed E-state index contributed by atoms with van der Waals surface area (Å²) >= 11 is 0. The monoisotopic (exact) mass is 261 g/mol. The van der Waals surface area contributed by atoms with Gasteiger partial charge in [0.15, 0.2) is 0 Å². The molecule has 1 aromatic carbocycles. The van der Waals surface area contributed by atoms with Crippen LogP contribution in [-0.2, 0) is 11.3 Å². The van der Waals surface area contributed by atoms with Gasteiger partial charge in [-0.15, -0.1) is 0 Å². The van der Waals surface area contributed by atoms with Gasteiger partial charge in [0.05, 0.1) is 11.1 Å². The fourth-order valence-electron chi connectivity index (χ4n) is 2.13. The quantitative estimate of drug-likeness (QED) is 0.847. The van der Waals surface area contributed by atoms with E-state index in [0.717, 1.165) is 11.3 Å². The number of amides is 1. The van der Waals surface area contributed by atoms with Crippen LogP contribution in [0.25, 0.3) is 11.0 Å². The van der Waals surface area contributed by atoms with E-state index >= 15 is 0 Å². The van der Waals surface area contributed by atoms with Gasteiger partial charge in [-0.25, -0.2) is 9.78 Å². The average molecular weight is 261 g/mol. The van der Waals surface area contributed by atoms with Gasteiger partial charge in [-0.2, -0.15) is 0 Å². The molecule has 6 nitrogen and oxygen atoms in total. The predicted octanol–water partition coefficient (Wildman–Crippen LogP) is 1.31. The Kier molecular flexibility index (Phi) is 3.50. The molecule has 0 aliphatic carbocycles. The van der Waals surface area contributed by atoms with Gasteiger partial charge in [0, 0.05) is 13.0 Å². The molecule has 0 atom stereocenters. The first-order valence-corrected chi connectivity index (χ1v) is 5.98. The van der Waals surface area contributed by atoms with E-state index in [9.17, 15) is 9.59 Å². The van der Waals surface area contributed by atoms with Crippen LogP contribution >= 0.6 is 0 Å². The summed E-state index contributed by atoms with van der Waals surface area (Å²) in [6, 6.07) is 5.05. The van der Waals surface area contributed by atoms with E-state index in [4.69, 9.17) is 10.8 Å². The summed E-state index contributed by atoms with van der Waals surface area (Å²) in [5.41, 5.74) is 6.54. The van der Waals surface area contributed by atoms with Gasteiger partial charge in [-0.05, 0) is 25.5 Å². The number of rotatable bonds is 5. The van der Waals surface area contributed by atoms with Gasteiger partial charge in [0.2, 0.25) is 5.91 Å². The highest BCUT2D eigenvalue weighted by atomic mass is 16.4. The van der Waals surface area contributed by atoms with E-state index in [1.807, 2.05) is 17.6 Å². The molecule has 1 heterocycles. The van der Waals surface area contributed by atoms with Crippen LogP contribution in [-0.4, -0.2) is 26.5 Å². The number of hydrogen-bond donors (Lipinski definition) is 2. The SMILES string of the molecule is Cc1nc2c(C(=O)O)cccc2n1CCCC(N)=O. The van der Waals surface area contributed by atoms with Gasteiger partial charge in [0.25, 0.3) is 0 Å². The van der Waals surface area contributed by atoms with Crippen molar-refractivity contribution in [3.63, 3.8) is 0 Å². The zero-order valence-corrected chi connectivity index (χ0v) is 10.6. The maximum atomic E-state index is 11.1. The Morgan fingerprint density at radius 1 is 1.42 bits per heavy atom. The van der Waals surface area contributed by atoms with Crippen molar-refractivity contribution >= 4 is 22.9 Å². The molecular formula is C13H15N3O3. The molecule has 1 aromatic heterocycles. The molecule has 19 heavy (non-hydrogen) atoms. The Hall–Kier alpha value is -2.37. The van der Waals surface area contributed by atoms with E-state index in [1.54, 1.807) is 6.07 Å². The van der Waals surface area contributed by atoms with Crippen LogP contribution in [0.4, 0.5) is 0 Å². The zero-order valence-electron chi connectivity index (χ0n) is 10.6. The molecule has 6 heteroatoms. The fraction of sp³-hybridized carbons (Fsp3) is 0.308. The van der Waals surface area contributed by atoms with Crippen LogP contribution in [0, 0.1) is 6.92 Å². The number of hydrogen-bond acceptors (Lipinski definition) is 3. The summed E-state index contributed by atoms with van der Waals surface area (Å²) in [5.74, 6) is -0.603. The first kappa shape index (κ1) is 13.1. The first-order chi connectivity index (χ1) is 9.00. The van der Waals surface area contributed by atoms with Crippen molar-refractivity contribution in [2.75, 3.05) is 0 Å². The summed E-state index contributed by atoms with van der Waals surface area (Å²) < 4.78 is 1.91. The number of carbonyl (C=O) groups is 2. The number of benzene rings is 1. The smallest absolute Gasteiger partial charge is 0.337 e. The predicted molar refractivity (Wildman–Crippen MR) is 69.9 cm³/mol. The third kappa shape index (κ3) is 2.57. The molecule has 0 aliphatic rings. The largest absolute Gasteiger partial charge is 0.478 e. The number of para-hydroxylation sites is 1. The molecule has 0 fully saturated rings. The third-order valence-corrected chi connectivity index (χ3v) is 3.01. The Labute approximate surface area is 109 Å². The van der Waals surface area contributed by atoms with Crippen molar-refractivity contribution in [2.45, 2.75) is 26.3 Å². The molecule has 0 spiro atoms. The minimum absolute atomic E-state index is 0.189. The summed E-state index contributed by atoms with van der Waals surface area (Å²) in [5, 5.41) is 9.12. The van der Waals surface area contributed by atoms with E-state index < -0.39 is 5.97 Å². The molecule has 0 saturated carbocycles. The van der Waals surface area contributed by atoms with Gasteiger partial charge >= 0.3 is 5.97 Å². The second-order valence-electron chi connectivity index (χ2n) is 4.36. The standard InChI is InChI=1S/C13H15N3O3/c1-8-15-12-9(13(18)19)4-2-5-10(12)16(8)7-3-6-11(14)17/h2,4-5H,3,6-7H2,1H3,(H2,14,17)(H,18,19). The van der Waals surface area contributed by atoms with Crippen LogP contribution in [0.3, 0.4) is 0 Å². The van der Waals surface area contributed by atoms with Crippen LogP contribution in [0.15, 0.2) is 18.2 Å². The normalized spacial score (nSPS) is 10.8. The number of carboxylic acid groups (broad SMARTS) is 1. The molecule has 2 aromatic rings. The average Bonchev–Trinajstić information content (AvgIpc) is 2.65. The number of carbonyl (C=O) groups excluding carboxylic acids is 1. The van der Waals surface area contributed by atoms with E-state index in [-0.39, 0.29) is 11.5 Å². The topological polar surface area (TPSA) is 98.2 Å². The van der Waals surface area contributed by atoms with Gasteiger partial charge in [-0.1, -0.05) is 6.07 Å². The summed E-state index contributed by atoms with van der Waals surface area (Å²) in [6.07, 6.45) is 0.913. The van der Waals surface area contributed by atoms with Crippen molar-refractivity contribution in [1.82, 2.24) is 9.55 Å². The molecule has 0 unspecified atom stereocenters. The van der Waals surface area contributed by atoms with Crippen LogP contribution in [0.2, 0.25) is 0 Å². The van der Waals surface area contributed by atoms with Gasteiger partial charge in [0.1, 0.15) is 11.3 Å². The zero-order chi connectivity index (χ0) is 14.0. The molecule has 3 N–H and O–H groups in total. The Morgan fingerprint density at radius 2 is 2.16 bits per heavy atom. The van der Waals surface area contributed by atoms with E-state index in [1.165, 1.54) is 6.07 Å². The minimum Gasteiger partial charge on any atom is -0.478 e. The number of aromatic carboxylic acids is 1. The first-order valence-electron chi connectivity index (χ1n) is 5.98. The third-order valence-electron chi connectivity index (χ3n) is 3.01. The molecule has 100 valence electrons. The molecule has 1 amide bonds. The summed E-state index contributed by atoms with van der Waals surface area (Å²) in [4.78, 5) is 26.2. The fourth-order valence-corrected chi connectivity index (χ4v) is 2.13. The molecule has 0 radical (unpaired) electrons. The second-order valence-corrected chi connectivity index (χ2v) is 4.36. The Balaban J connectivity index is 2.39. The van der Waals surface area contributed by atoms with Crippen molar-refractivity contribution in [3.8, 4) is 0 Å². The number of fused-ring (bicyclic) bond motifs is 1. The number of carboxylic acids is 1. The molecular weight excluding hydrogens is 246 g/mol. The Bertz CT molecular complexity index is 646. The van der Waals surface area contributed by atoms with Crippen molar-refractivity contribution in [1.29, 1.82) is 0 Å². The van der Waals surface area contributed by atoms with Crippen LogP contribution in [0.1, 0.15) is 29.0 Å². The molecule has 2 rings (SSSR count). The second kappa shape index (κ2) is 5.09. The molecule has 0 bridgehead atoms. The number of nitrogens with zero attached hydrogens (tertiary/aromatic N) is 2. The van der Waals surface area contributed by atoms with Crippen molar-refractivity contribution in [3.05, 3.63) is 29.6 Å². The van der Waals surface area contributed by atoms with Crippen LogP contribution < -0.4 is 5.73 Å². The number of aromatic nitrogens is 2. The maximum absolute atomic E-state index is 11.1. The summed E-state index contributed by atoms with van der Waals surface area (Å²) in [7, 11) is 0. The minimum atomic E-state index is -0.993. The molecule has 0 saturated heterocycles. The lowest BCUT2D eigenvalue weighted by Crippen LogP contribution is -2.11. The summed E-state index contributed by atoms with van der Waals surface area (Å²) in [6.45, 7) is 2.41. The highest BCUT2D eigenvalue weighted by molar-refractivity contribution is 6.01. The highest BCUT2D eigenvalue weighted by Gasteiger charge is 2.14. The lowest BCUT2D eigenvalue weighted by molar-refractivity contribution is -0.118. The number of aryl methyl sites for hydroxylation is 2.